The van der Waals surface area contributed by atoms with E-state index in [2.05, 4.69) is 10.3 Å². The standard InChI is InChI=1S/C26H29N3O3/c27-24(22-11-8-15-28-18-22)19-29-14-5-1-2-6-16-32-25-13-4-3-12-23(25)20-9-7-10-21(17-20)26(30)31/h3-4,7-13,15,17-19,29H,1-2,5-6,14,16,27H2,(H,30,31)/b24-19-. The molecule has 0 amide bonds. The summed E-state index contributed by atoms with van der Waals surface area (Å²) in [5.41, 5.74) is 9.62. The Labute approximate surface area is 188 Å². The van der Waals surface area contributed by atoms with Crippen molar-refractivity contribution in [2.75, 3.05) is 13.2 Å². The highest BCUT2D eigenvalue weighted by molar-refractivity contribution is 5.89. The lowest BCUT2D eigenvalue weighted by Crippen LogP contribution is -2.11. The fourth-order valence-electron chi connectivity index (χ4n) is 3.31. The first-order valence-electron chi connectivity index (χ1n) is 10.8. The van der Waals surface area contributed by atoms with Gasteiger partial charge in [-0.15, -0.1) is 0 Å². The van der Waals surface area contributed by atoms with E-state index in [9.17, 15) is 9.90 Å². The Balaban J connectivity index is 1.38. The topological polar surface area (TPSA) is 97.5 Å². The number of hydrogen-bond acceptors (Lipinski definition) is 5. The van der Waals surface area contributed by atoms with Crippen LogP contribution < -0.4 is 15.8 Å². The van der Waals surface area contributed by atoms with Gasteiger partial charge in [0.25, 0.3) is 0 Å². The second-order valence-corrected chi connectivity index (χ2v) is 7.44. The van der Waals surface area contributed by atoms with Gasteiger partial charge in [-0.05, 0) is 48.7 Å². The van der Waals surface area contributed by atoms with Crippen LogP contribution in [0.15, 0.2) is 79.3 Å². The van der Waals surface area contributed by atoms with Crippen molar-refractivity contribution in [2.24, 2.45) is 5.73 Å². The highest BCUT2D eigenvalue weighted by Crippen LogP contribution is 2.30. The number of pyridine rings is 1. The maximum Gasteiger partial charge on any atom is 0.335 e. The Hall–Kier alpha value is -3.80. The van der Waals surface area contributed by atoms with Crippen molar-refractivity contribution in [1.82, 2.24) is 10.3 Å². The summed E-state index contributed by atoms with van der Waals surface area (Å²) in [6.07, 6.45) is 9.47. The first-order valence-corrected chi connectivity index (χ1v) is 10.8. The molecule has 0 saturated heterocycles. The molecule has 0 aliphatic carbocycles. The van der Waals surface area contributed by atoms with Gasteiger partial charge < -0.3 is 20.9 Å². The highest BCUT2D eigenvalue weighted by Gasteiger charge is 2.09. The van der Waals surface area contributed by atoms with Crippen molar-refractivity contribution in [2.45, 2.75) is 25.7 Å². The molecular weight excluding hydrogens is 402 g/mol. The Bertz CT molecular complexity index is 1040. The summed E-state index contributed by atoms with van der Waals surface area (Å²) >= 11 is 0. The van der Waals surface area contributed by atoms with Gasteiger partial charge in [-0.2, -0.15) is 0 Å². The average molecular weight is 432 g/mol. The number of para-hydroxylation sites is 1. The van der Waals surface area contributed by atoms with Gasteiger partial charge in [0.15, 0.2) is 0 Å². The maximum atomic E-state index is 11.3. The van der Waals surface area contributed by atoms with Gasteiger partial charge in [-0.25, -0.2) is 4.79 Å². The van der Waals surface area contributed by atoms with Gasteiger partial charge in [0.2, 0.25) is 0 Å². The number of nitrogens with one attached hydrogen (secondary N) is 1. The molecule has 0 atom stereocenters. The van der Waals surface area contributed by atoms with E-state index in [4.69, 9.17) is 10.5 Å². The van der Waals surface area contributed by atoms with Crippen LogP contribution in [-0.2, 0) is 0 Å². The molecule has 3 aromatic rings. The molecule has 1 aromatic heterocycles. The van der Waals surface area contributed by atoms with Crippen LogP contribution in [0, 0.1) is 0 Å². The van der Waals surface area contributed by atoms with Crippen LogP contribution in [0.5, 0.6) is 5.75 Å². The number of carboxylic acids is 1. The third kappa shape index (κ3) is 6.87. The monoisotopic (exact) mass is 431 g/mol. The molecule has 0 spiro atoms. The molecule has 0 saturated carbocycles. The zero-order valence-corrected chi connectivity index (χ0v) is 18.0. The second kappa shape index (κ2) is 12.2. The predicted molar refractivity (Wildman–Crippen MR) is 127 cm³/mol. The lowest BCUT2D eigenvalue weighted by molar-refractivity contribution is 0.0697. The number of nitrogens with zero attached hydrogens (tertiary/aromatic N) is 1. The van der Waals surface area contributed by atoms with Crippen molar-refractivity contribution in [3.05, 3.63) is 90.4 Å². The van der Waals surface area contributed by atoms with E-state index in [-0.39, 0.29) is 5.56 Å². The lowest BCUT2D eigenvalue weighted by Gasteiger charge is -2.12. The van der Waals surface area contributed by atoms with E-state index < -0.39 is 5.97 Å². The minimum Gasteiger partial charge on any atom is -0.493 e. The van der Waals surface area contributed by atoms with Crippen molar-refractivity contribution in [3.63, 3.8) is 0 Å². The van der Waals surface area contributed by atoms with Gasteiger partial charge in [-0.1, -0.05) is 43.2 Å². The summed E-state index contributed by atoms with van der Waals surface area (Å²) < 4.78 is 6.01. The van der Waals surface area contributed by atoms with Crippen LogP contribution in [0.1, 0.15) is 41.6 Å². The normalized spacial score (nSPS) is 11.2. The smallest absolute Gasteiger partial charge is 0.335 e. The Morgan fingerprint density at radius 1 is 1.00 bits per heavy atom. The van der Waals surface area contributed by atoms with E-state index in [0.29, 0.717) is 12.3 Å². The Morgan fingerprint density at radius 3 is 2.62 bits per heavy atom. The fourth-order valence-corrected chi connectivity index (χ4v) is 3.31. The maximum absolute atomic E-state index is 11.3. The molecule has 0 aliphatic rings. The summed E-state index contributed by atoms with van der Waals surface area (Å²) in [4.78, 5) is 15.3. The number of carboxylic acid groups (broad SMARTS) is 1. The largest absolute Gasteiger partial charge is 0.493 e. The van der Waals surface area contributed by atoms with E-state index in [1.165, 1.54) is 0 Å². The Kier molecular flexibility index (Phi) is 8.69. The zero-order valence-electron chi connectivity index (χ0n) is 18.0. The number of carbonyl (C=O) groups is 1. The minimum absolute atomic E-state index is 0.267. The van der Waals surface area contributed by atoms with E-state index in [0.717, 1.165) is 54.7 Å². The lowest BCUT2D eigenvalue weighted by atomic mass is 10.0. The molecule has 32 heavy (non-hydrogen) atoms. The molecule has 0 fully saturated rings. The first-order chi connectivity index (χ1) is 15.6. The molecule has 3 rings (SSSR count). The van der Waals surface area contributed by atoms with Crippen LogP contribution in [0.25, 0.3) is 16.8 Å². The zero-order chi connectivity index (χ0) is 22.6. The SMILES string of the molecule is N/C(=C\NCCCCCCOc1ccccc1-c1cccc(C(=O)O)c1)c1cccnc1. The van der Waals surface area contributed by atoms with Crippen LogP contribution >= 0.6 is 0 Å². The van der Waals surface area contributed by atoms with Crippen LogP contribution in [0.2, 0.25) is 0 Å². The molecule has 1 heterocycles. The number of hydrogen-bond donors (Lipinski definition) is 3. The summed E-state index contributed by atoms with van der Waals surface area (Å²) in [7, 11) is 0. The van der Waals surface area contributed by atoms with Gasteiger partial charge >= 0.3 is 5.97 Å². The van der Waals surface area contributed by atoms with E-state index in [1.54, 1.807) is 30.6 Å². The number of unbranched alkanes of at least 4 members (excludes halogenated alkanes) is 3. The summed E-state index contributed by atoms with van der Waals surface area (Å²) in [6, 6.07) is 18.4. The average Bonchev–Trinajstić information content (AvgIpc) is 2.83. The quantitative estimate of drug-likeness (QED) is 0.352. The van der Waals surface area contributed by atoms with Gasteiger partial charge in [0, 0.05) is 36.3 Å². The van der Waals surface area contributed by atoms with E-state index >= 15 is 0 Å². The number of ether oxygens (including phenoxy) is 1. The number of rotatable bonds is 12. The molecule has 166 valence electrons. The molecule has 2 aromatic carbocycles. The predicted octanol–water partition coefficient (Wildman–Crippen LogP) is 4.93. The third-order valence-corrected chi connectivity index (χ3v) is 5.03. The summed E-state index contributed by atoms with van der Waals surface area (Å²) in [5, 5.41) is 12.5. The molecule has 6 nitrogen and oxygen atoms in total. The minimum atomic E-state index is -0.935. The summed E-state index contributed by atoms with van der Waals surface area (Å²) in [5.74, 6) is -0.164. The molecule has 0 unspecified atom stereocenters. The summed E-state index contributed by atoms with van der Waals surface area (Å²) in [6.45, 7) is 1.49. The molecule has 4 N–H and O–H groups in total. The molecular formula is C26H29N3O3. The van der Waals surface area contributed by atoms with Crippen LogP contribution in [0.4, 0.5) is 0 Å². The number of aromatic carboxylic acids is 1. The number of aromatic nitrogens is 1. The molecule has 0 bridgehead atoms. The van der Waals surface area contributed by atoms with E-state index in [1.807, 2.05) is 48.7 Å². The van der Waals surface area contributed by atoms with Crippen molar-refractivity contribution in [3.8, 4) is 16.9 Å². The number of nitrogens with two attached hydrogens (primary N) is 1. The van der Waals surface area contributed by atoms with Gasteiger partial charge in [0.05, 0.1) is 17.9 Å². The van der Waals surface area contributed by atoms with Crippen LogP contribution in [-0.4, -0.2) is 29.2 Å². The highest BCUT2D eigenvalue weighted by atomic mass is 16.5. The van der Waals surface area contributed by atoms with Crippen molar-refractivity contribution in [1.29, 1.82) is 0 Å². The van der Waals surface area contributed by atoms with Gasteiger partial charge in [0.1, 0.15) is 5.75 Å². The Morgan fingerprint density at radius 2 is 1.81 bits per heavy atom. The molecule has 6 heteroatoms. The van der Waals surface area contributed by atoms with Gasteiger partial charge in [-0.3, -0.25) is 4.98 Å². The second-order valence-electron chi connectivity index (χ2n) is 7.44. The fraction of sp³-hybridized carbons (Fsp3) is 0.231. The van der Waals surface area contributed by atoms with Crippen molar-refractivity contribution >= 4 is 11.7 Å². The molecule has 0 radical (unpaired) electrons. The molecule has 0 aliphatic heterocycles. The number of benzene rings is 2. The third-order valence-electron chi connectivity index (χ3n) is 5.03. The van der Waals surface area contributed by atoms with Crippen molar-refractivity contribution < 1.29 is 14.6 Å². The van der Waals surface area contributed by atoms with Crippen LogP contribution in [0.3, 0.4) is 0 Å². The first kappa shape index (κ1) is 22.9.